The van der Waals surface area contributed by atoms with Crippen molar-refractivity contribution >= 4 is 6.08 Å². The first-order chi connectivity index (χ1) is 8.20. The van der Waals surface area contributed by atoms with E-state index >= 15 is 0 Å². The second-order valence-electron chi connectivity index (χ2n) is 4.39. The molecule has 17 heavy (non-hydrogen) atoms. The number of nitrogens with zero attached hydrogens (tertiary/aromatic N) is 1. The molecule has 0 fully saturated rings. The first-order valence-corrected chi connectivity index (χ1v) is 5.90. The summed E-state index contributed by atoms with van der Waals surface area (Å²) < 4.78 is 5.20. The molecule has 0 saturated carbocycles. The van der Waals surface area contributed by atoms with Gasteiger partial charge in [-0.2, -0.15) is 0 Å². The Morgan fingerprint density at radius 1 is 1.18 bits per heavy atom. The van der Waals surface area contributed by atoms with Crippen LogP contribution < -0.4 is 0 Å². The Kier molecular flexibility index (Phi) is 3.43. The van der Waals surface area contributed by atoms with Gasteiger partial charge in [-0.05, 0) is 24.5 Å². The second kappa shape index (κ2) is 5.00. The van der Waals surface area contributed by atoms with Crippen molar-refractivity contribution in [1.29, 1.82) is 0 Å². The van der Waals surface area contributed by atoms with Gasteiger partial charge in [0.25, 0.3) is 0 Å². The summed E-state index contributed by atoms with van der Waals surface area (Å²) >= 11 is 0. The second-order valence-corrected chi connectivity index (χ2v) is 4.39. The van der Waals surface area contributed by atoms with Gasteiger partial charge in [-0.1, -0.05) is 49.3 Å². The van der Waals surface area contributed by atoms with Gasteiger partial charge in [0, 0.05) is 11.6 Å². The highest BCUT2D eigenvalue weighted by Crippen LogP contribution is 2.22. The lowest BCUT2D eigenvalue weighted by Gasteiger charge is -2.04. The van der Waals surface area contributed by atoms with E-state index in [-0.39, 0.29) is 0 Å². The lowest BCUT2D eigenvalue weighted by molar-refractivity contribution is 0.415. The Balaban J connectivity index is 2.26. The van der Waals surface area contributed by atoms with Gasteiger partial charge in [-0.25, -0.2) is 0 Å². The van der Waals surface area contributed by atoms with E-state index in [1.54, 1.807) is 0 Å². The van der Waals surface area contributed by atoms with E-state index in [4.69, 9.17) is 4.52 Å². The largest absolute Gasteiger partial charge is 0.356 e. The maximum Gasteiger partial charge on any atom is 0.159 e. The first kappa shape index (κ1) is 11.6. The monoisotopic (exact) mass is 227 g/mol. The smallest absolute Gasteiger partial charge is 0.159 e. The van der Waals surface area contributed by atoms with Gasteiger partial charge in [0.15, 0.2) is 5.76 Å². The molecular formula is C15H17NO. The van der Waals surface area contributed by atoms with Crippen molar-refractivity contribution in [3.05, 3.63) is 47.7 Å². The minimum absolute atomic E-state index is 0.556. The molecule has 1 aromatic heterocycles. The fraction of sp³-hybridized carbons (Fsp3) is 0.267. The molecular weight excluding hydrogens is 210 g/mol. The number of aromatic nitrogens is 1. The zero-order chi connectivity index (χ0) is 12.3. The Hall–Kier alpha value is -1.83. The van der Waals surface area contributed by atoms with Crippen LogP contribution in [0.2, 0.25) is 0 Å². The third kappa shape index (κ3) is 2.64. The Morgan fingerprint density at radius 3 is 2.47 bits per heavy atom. The van der Waals surface area contributed by atoms with E-state index in [0.717, 1.165) is 17.0 Å². The summed E-state index contributed by atoms with van der Waals surface area (Å²) in [6, 6.07) is 10.4. The molecule has 2 rings (SSSR count). The van der Waals surface area contributed by atoms with E-state index in [1.807, 2.05) is 25.1 Å². The van der Waals surface area contributed by atoms with Crippen LogP contribution in [-0.2, 0) is 0 Å². The highest BCUT2D eigenvalue weighted by atomic mass is 16.5. The molecule has 0 N–H and O–H groups in total. The van der Waals surface area contributed by atoms with Crippen molar-refractivity contribution in [3.63, 3.8) is 0 Å². The quantitative estimate of drug-likeness (QED) is 0.771. The topological polar surface area (TPSA) is 26.0 Å². The average molecular weight is 227 g/mol. The fourth-order valence-corrected chi connectivity index (χ4v) is 1.71. The average Bonchev–Trinajstić information content (AvgIpc) is 2.78. The van der Waals surface area contributed by atoms with Crippen molar-refractivity contribution in [2.24, 2.45) is 0 Å². The lowest BCUT2D eigenvalue weighted by atomic mass is 10.0. The molecule has 0 saturated heterocycles. The van der Waals surface area contributed by atoms with Crippen LogP contribution in [0, 0.1) is 0 Å². The van der Waals surface area contributed by atoms with Gasteiger partial charge in [0.2, 0.25) is 0 Å². The van der Waals surface area contributed by atoms with Crippen LogP contribution >= 0.6 is 0 Å². The molecule has 2 heteroatoms. The van der Waals surface area contributed by atoms with Crippen LogP contribution in [0.25, 0.3) is 17.3 Å². The number of hydrogen-bond donors (Lipinski definition) is 0. The standard InChI is InChI=1S/C15H17NO/c1-4-5-14-10-15(16-17-14)13-8-6-12(7-9-13)11(2)3/h4-11H,1-3H3/b5-4+. The molecule has 2 aromatic rings. The van der Waals surface area contributed by atoms with Crippen LogP contribution in [0.3, 0.4) is 0 Å². The molecule has 1 heterocycles. The highest BCUT2D eigenvalue weighted by molar-refractivity contribution is 5.61. The number of allylic oxidation sites excluding steroid dienone is 1. The van der Waals surface area contributed by atoms with Crippen LogP contribution in [-0.4, -0.2) is 5.16 Å². The molecule has 0 radical (unpaired) electrons. The van der Waals surface area contributed by atoms with Crippen LogP contribution in [0.1, 0.15) is 38.0 Å². The van der Waals surface area contributed by atoms with Crippen molar-refractivity contribution in [2.45, 2.75) is 26.7 Å². The molecule has 0 aliphatic carbocycles. The Labute approximate surface area is 102 Å². The maximum absolute atomic E-state index is 5.20. The minimum atomic E-state index is 0.556. The SMILES string of the molecule is C/C=C/c1cc(-c2ccc(C(C)C)cc2)no1. The molecule has 2 nitrogen and oxygen atoms in total. The predicted octanol–water partition coefficient (Wildman–Crippen LogP) is 4.50. The van der Waals surface area contributed by atoms with E-state index in [0.29, 0.717) is 5.92 Å². The predicted molar refractivity (Wildman–Crippen MR) is 70.7 cm³/mol. The Morgan fingerprint density at radius 2 is 1.88 bits per heavy atom. The molecule has 0 bridgehead atoms. The fourth-order valence-electron chi connectivity index (χ4n) is 1.71. The van der Waals surface area contributed by atoms with Gasteiger partial charge >= 0.3 is 0 Å². The zero-order valence-corrected chi connectivity index (χ0v) is 10.5. The van der Waals surface area contributed by atoms with E-state index < -0.39 is 0 Å². The van der Waals surface area contributed by atoms with Gasteiger partial charge < -0.3 is 4.52 Å². The first-order valence-electron chi connectivity index (χ1n) is 5.90. The van der Waals surface area contributed by atoms with Gasteiger partial charge in [-0.15, -0.1) is 0 Å². The molecule has 0 unspecified atom stereocenters. The number of benzene rings is 1. The molecule has 0 spiro atoms. The third-order valence-corrected chi connectivity index (χ3v) is 2.73. The van der Waals surface area contributed by atoms with Crippen LogP contribution in [0.5, 0.6) is 0 Å². The van der Waals surface area contributed by atoms with Gasteiger partial charge in [0.1, 0.15) is 5.69 Å². The highest BCUT2D eigenvalue weighted by Gasteiger charge is 2.05. The van der Waals surface area contributed by atoms with Crippen molar-refractivity contribution < 1.29 is 4.52 Å². The molecule has 0 aliphatic heterocycles. The summed E-state index contributed by atoms with van der Waals surface area (Å²) in [6.45, 7) is 6.34. The summed E-state index contributed by atoms with van der Waals surface area (Å²) in [5.41, 5.74) is 3.31. The molecule has 88 valence electrons. The van der Waals surface area contributed by atoms with E-state index in [2.05, 4.69) is 43.3 Å². The molecule has 0 amide bonds. The summed E-state index contributed by atoms with van der Waals surface area (Å²) in [4.78, 5) is 0. The van der Waals surface area contributed by atoms with Crippen LogP contribution in [0.4, 0.5) is 0 Å². The Bertz CT molecular complexity index is 506. The van der Waals surface area contributed by atoms with Crippen molar-refractivity contribution in [2.75, 3.05) is 0 Å². The lowest BCUT2D eigenvalue weighted by Crippen LogP contribution is -1.86. The number of hydrogen-bond acceptors (Lipinski definition) is 2. The van der Waals surface area contributed by atoms with Gasteiger partial charge in [0.05, 0.1) is 0 Å². The zero-order valence-electron chi connectivity index (χ0n) is 10.5. The van der Waals surface area contributed by atoms with E-state index in [1.165, 1.54) is 5.56 Å². The summed E-state index contributed by atoms with van der Waals surface area (Å²) in [5.74, 6) is 1.34. The number of rotatable bonds is 3. The van der Waals surface area contributed by atoms with Crippen molar-refractivity contribution in [3.8, 4) is 11.3 Å². The van der Waals surface area contributed by atoms with Crippen molar-refractivity contribution in [1.82, 2.24) is 5.16 Å². The molecule has 1 aromatic carbocycles. The van der Waals surface area contributed by atoms with Crippen LogP contribution in [0.15, 0.2) is 40.9 Å². The summed E-state index contributed by atoms with van der Waals surface area (Å²) in [7, 11) is 0. The maximum atomic E-state index is 5.20. The summed E-state index contributed by atoms with van der Waals surface area (Å²) in [5, 5.41) is 4.05. The molecule has 0 atom stereocenters. The van der Waals surface area contributed by atoms with E-state index in [9.17, 15) is 0 Å². The summed E-state index contributed by atoms with van der Waals surface area (Å²) in [6.07, 6.45) is 3.84. The normalized spacial score (nSPS) is 11.5. The minimum Gasteiger partial charge on any atom is -0.356 e. The van der Waals surface area contributed by atoms with Gasteiger partial charge in [-0.3, -0.25) is 0 Å². The molecule has 0 aliphatic rings. The third-order valence-electron chi connectivity index (χ3n) is 2.73.